The average Bonchev–Trinajstić information content (AvgIpc) is 3.24. The summed E-state index contributed by atoms with van der Waals surface area (Å²) >= 11 is 1.43. The SMILES string of the molecule is COC1C=CC(C(=O)c2cc3cc(C)n(S(=O)CC4CCOCC4)c3s2)=CC1C. The number of aromatic nitrogens is 1. The van der Waals surface area contributed by atoms with Crippen LogP contribution in [0, 0.1) is 18.8 Å². The quantitative estimate of drug-likeness (QED) is 0.638. The number of thiophene rings is 1. The number of ketones is 1. The molecule has 2 aromatic heterocycles. The minimum Gasteiger partial charge on any atom is -0.381 e. The van der Waals surface area contributed by atoms with E-state index in [0.29, 0.717) is 22.1 Å². The Kier molecular flexibility index (Phi) is 6.20. The molecule has 0 amide bonds. The molecule has 3 atom stereocenters. The second-order valence-electron chi connectivity index (χ2n) is 7.86. The number of aryl methyl sites for hydroxylation is 1. The van der Waals surface area contributed by atoms with E-state index in [1.54, 1.807) is 7.11 Å². The predicted molar refractivity (Wildman–Crippen MR) is 118 cm³/mol. The van der Waals surface area contributed by atoms with Crippen LogP contribution in [0.15, 0.2) is 35.9 Å². The Morgan fingerprint density at radius 1 is 1.34 bits per heavy atom. The molecule has 7 heteroatoms. The summed E-state index contributed by atoms with van der Waals surface area (Å²) in [5, 5.41) is 0.986. The lowest BCUT2D eigenvalue weighted by Crippen LogP contribution is -2.23. The van der Waals surface area contributed by atoms with Crippen LogP contribution in [-0.4, -0.2) is 46.1 Å². The first kappa shape index (κ1) is 20.7. The molecule has 2 aromatic rings. The minimum atomic E-state index is -1.14. The monoisotopic (exact) mass is 433 g/mol. The van der Waals surface area contributed by atoms with E-state index < -0.39 is 11.0 Å². The van der Waals surface area contributed by atoms with Crippen molar-refractivity contribution in [2.24, 2.45) is 11.8 Å². The van der Waals surface area contributed by atoms with Crippen molar-refractivity contribution < 1.29 is 18.5 Å². The number of methoxy groups -OCH3 is 1. The van der Waals surface area contributed by atoms with Gasteiger partial charge < -0.3 is 9.47 Å². The lowest BCUT2D eigenvalue weighted by atomic mass is 9.93. The largest absolute Gasteiger partial charge is 0.381 e. The number of Topliss-reactive ketones (excluding diaryl/α,β-unsaturated/α-hetero) is 1. The van der Waals surface area contributed by atoms with Gasteiger partial charge in [0.2, 0.25) is 5.78 Å². The maximum atomic E-state index is 13.1. The van der Waals surface area contributed by atoms with Gasteiger partial charge in [-0.2, -0.15) is 0 Å². The van der Waals surface area contributed by atoms with Gasteiger partial charge >= 0.3 is 0 Å². The Morgan fingerprint density at radius 2 is 2.10 bits per heavy atom. The molecule has 2 aliphatic rings. The summed E-state index contributed by atoms with van der Waals surface area (Å²) in [4.78, 5) is 14.6. The molecule has 29 heavy (non-hydrogen) atoms. The van der Waals surface area contributed by atoms with Gasteiger partial charge in [-0.3, -0.25) is 8.77 Å². The molecule has 1 aliphatic carbocycles. The van der Waals surface area contributed by atoms with Crippen LogP contribution in [0.2, 0.25) is 0 Å². The highest BCUT2D eigenvalue weighted by Crippen LogP contribution is 2.33. The molecule has 0 N–H and O–H groups in total. The normalized spacial score (nSPS) is 24.0. The number of fused-ring (bicyclic) bond motifs is 1. The summed E-state index contributed by atoms with van der Waals surface area (Å²) < 4.78 is 25.8. The Balaban J connectivity index is 1.58. The highest BCUT2D eigenvalue weighted by Gasteiger charge is 2.24. The third-order valence-corrected chi connectivity index (χ3v) is 8.60. The van der Waals surface area contributed by atoms with Crippen molar-refractivity contribution in [1.82, 2.24) is 3.97 Å². The Hall–Kier alpha value is -1.54. The van der Waals surface area contributed by atoms with Crippen LogP contribution in [0.25, 0.3) is 10.2 Å². The molecule has 0 saturated carbocycles. The molecule has 0 aromatic carbocycles. The van der Waals surface area contributed by atoms with E-state index >= 15 is 0 Å². The molecule has 0 radical (unpaired) electrons. The molecule has 1 fully saturated rings. The molecule has 3 unspecified atom stereocenters. The van der Waals surface area contributed by atoms with Gasteiger partial charge in [-0.05, 0) is 37.8 Å². The standard InChI is InChI=1S/C22H27NO4S2/c1-14-10-17(4-5-19(14)26-3)21(24)20-12-18-11-15(2)23(22(18)28-20)29(25)13-16-6-8-27-9-7-16/h4-5,10-12,14,16,19H,6-9,13H2,1-3H3. The van der Waals surface area contributed by atoms with Crippen molar-refractivity contribution in [3.05, 3.63) is 46.5 Å². The number of rotatable bonds is 6. The minimum absolute atomic E-state index is 0.00794. The highest BCUT2D eigenvalue weighted by molar-refractivity contribution is 7.83. The van der Waals surface area contributed by atoms with Crippen molar-refractivity contribution in [2.45, 2.75) is 32.8 Å². The predicted octanol–water partition coefficient (Wildman–Crippen LogP) is 4.28. The van der Waals surface area contributed by atoms with E-state index in [2.05, 4.69) is 0 Å². The lowest BCUT2D eigenvalue weighted by Gasteiger charge is -2.21. The van der Waals surface area contributed by atoms with Crippen molar-refractivity contribution >= 4 is 38.3 Å². The van der Waals surface area contributed by atoms with Gasteiger partial charge in [0.1, 0.15) is 15.8 Å². The summed E-state index contributed by atoms with van der Waals surface area (Å²) in [5.74, 6) is 1.23. The van der Waals surface area contributed by atoms with E-state index in [9.17, 15) is 9.00 Å². The molecule has 3 heterocycles. The Bertz CT molecular complexity index is 994. The van der Waals surface area contributed by atoms with Crippen LogP contribution >= 0.6 is 11.3 Å². The first-order valence-corrected chi connectivity index (χ1v) is 12.1. The summed E-state index contributed by atoms with van der Waals surface area (Å²) in [6, 6.07) is 3.96. The maximum Gasteiger partial charge on any atom is 0.202 e. The zero-order valence-electron chi connectivity index (χ0n) is 17.1. The third kappa shape index (κ3) is 4.19. The highest BCUT2D eigenvalue weighted by atomic mass is 32.2. The number of carbonyl (C=O) groups excluding carboxylic acids is 1. The molecule has 1 aliphatic heterocycles. The van der Waals surface area contributed by atoms with E-state index in [4.69, 9.17) is 9.47 Å². The van der Waals surface area contributed by atoms with Crippen molar-refractivity contribution in [1.29, 1.82) is 0 Å². The number of hydrogen-bond acceptors (Lipinski definition) is 5. The molecule has 0 bridgehead atoms. The van der Waals surface area contributed by atoms with Gasteiger partial charge in [0.05, 0.1) is 11.0 Å². The van der Waals surface area contributed by atoms with Gasteiger partial charge in [0, 0.05) is 48.6 Å². The molecule has 0 spiro atoms. The molecule has 4 rings (SSSR count). The lowest BCUT2D eigenvalue weighted by molar-refractivity contribution is 0.0725. The van der Waals surface area contributed by atoms with Crippen LogP contribution in [0.5, 0.6) is 0 Å². The van der Waals surface area contributed by atoms with Crippen LogP contribution in [0.4, 0.5) is 0 Å². The fourth-order valence-corrected chi connectivity index (χ4v) is 7.03. The second kappa shape index (κ2) is 8.68. The first-order chi connectivity index (χ1) is 14.0. The average molecular weight is 434 g/mol. The molecule has 156 valence electrons. The summed E-state index contributed by atoms with van der Waals surface area (Å²) in [6.07, 6.45) is 7.70. The summed E-state index contributed by atoms with van der Waals surface area (Å²) in [7, 11) is 0.543. The fraction of sp³-hybridized carbons (Fsp3) is 0.500. The van der Waals surface area contributed by atoms with Crippen molar-refractivity contribution in [3.8, 4) is 0 Å². The molecule has 1 saturated heterocycles. The van der Waals surface area contributed by atoms with Gasteiger partial charge in [-0.1, -0.05) is 25.2 Å². The number of carbonyl (C=O) groups is 1. The summed E-state index contributed by atoms with van der Waals surface area (Å²) in [6.45, 7) is 5.54. The van der Waals surface area contributed by atoms with Gasteiger partial charge in [0.15, 0.2) is 0 Å². The van der Waals surface area contributed by atoms with E-state index in [1.807, 2.05) is 48.2 Å². The number of hydrogen-bond donors (Lipinski definition) is 0. The van der Waals surface area contributed by atoms with E-state index in [-0.39, 0.29) is 17.8 Å². The number of nitrogens with zero attached hydrogens (tertiary/aromatic N) is 1. The van der Waals surface area contributed by atoms with Gasteiger partial charge in [-0.25, -0.2) is 4.21 Å². The molecular formula is C22H27NO4S2. The van der Waals surface area contributed by atoms with Crippen molar-refractivity contribution in [2.75, 3.05) is 26.1 Å². The maximum absolute atomic E-state index is 13.1. The van der Waals surface area contributed by atoms with Crippen LogP contribution in [-0.2, 0) is 20.5 Å². The number of allylic oxidation sites excluding steroid dienone is 2. The zero-order chi connectivity index (χ0) is 20.5. The van der Waals surface area contributed by atoms with Crippen LogP contribution in [0.1, 0.15) is 35.1 Å². The van der Waals surface area contributed by atoms with Crippen LogP contribution < -0.4 is 0 Å². The molecule has 5 nitrogen and oxygen atoms in total. The fourth-order valence-electron chi connectivity index (χ4n) is 4.05. The van der Waals surface area contributed by atoms with E-state index in [0.717, 1.165) is 42.0 Å². The van der Waals surface area contributed by atoms with Crippen LogP contribution in [0.3, 0.4) is 0 Å². The summed E-state index contributed by atoms with van der Waals surface area (Å²) in [5.41, 5.74) is 1.67. The van der Waals surface area contributed by atoms with E-state index in [1.165, 1.54) is 11.3 Å². The second-order valence-corrected chi connectivity index (χ2v) is 10.2. The van der Waals surface area contributed by atoms with Gasteiger partial charge in [0.25, 0.3) is 0 Å². The smallest absolute Gasteiger partial charge is 0.202 e. The van der Waals surface area contributed by atoms with Gasteiger partial charge in [-0.15, -0.1) is 11.3 Å². The first-order valence-electron chi connectivity index (χ1n) is 10.0. The topological polar surface area (TPSA) is 57.5 Å². The zero-order valence-corrected chi connectivity index (χ0v) is 18.7. The third-order valence-electron chi connectivity index (χ3n) is 5.72. The Labute approximate surface area is 178 Å². The number of ether oxygens (including phenoxy) is 2. The Morgan fingerprint density at radius 3 is 2.79 bits per heavy atom. The van der Waals surface area contributed by atoms with Crippen molar-refractivity contribution in [3.63, 3.8) is 0 Å². The molecular weight excluding hydrogens is 406 g/mol.